The number of hydrogen-bond acceptors (Lipinski definition) is 4. The molecule has 100 valence electrons. The second-order valence-corrected chi connectivity index (χ2v) is 5.16. The third-order valence-electron chi connectivity index (χ3n) is 3.94. The highest BCUT2D eigenvalue weighted by atomic mass is 16.5. The summed E-state index contributed by atoms with van der Waals surface area (Å²) in [6.45, 7) is 0. The number of amides is 1. The Morgan fingerprint density at radius 3 is 2.56 bits per heavy atom. The van der Waals surface area contributed by atoms with Gasteiger partial charge in [0.25, 0.3) is 0 Å². The van der Waals surface area contributed by atoms with Crippen LogP contribution in [0.3, 0.4) is 0 Å². The maximum absolute atomic E-state index is 12.0. The van der Waals surface area contributed by atoms with Gasteiger partial charge < -0.3 is 10.1 Å². The number of hydrogen-bond donors (Lipinski definition) is 1. The zero-order chi connectivity index (χ0) is 13.1. The largest absolute Gasteiger partial charge is 0.468 e. The Hall–Kier alpha value is -1.39. The van der Waals surface area contributed by atoms with Gasteiger partial charge in [-0.2, -0.15) is 0 Å². The molecule has 2 rings (SSSR count). The van der Waals surface area contributed by atoms with E-state index in [-0.39, 0.29) is 5.78 Å². The molecular formula is C13H19NO4. The fourth-order valence-corrected chi connectivity index (χ4v) is 2.93. The number of ketones is 1. The van der Waals surface area contributed by atoms with Crippen molar-refractivity contribution in [1.29, 1.82) is 0 Å². The highest BCUT2D eigenvalue weighted by molar-refractivity contribution is 6.22. The molecule has 0 spiro atoms. The molecule has 0 aromatic carbocycles. The van der Waals surface area contributed by atoms with E-state index < -0.39 is 23.8 Å². The zero-order valence-corrected chi connectivity index (χ0v) is 10.6. The van der Waals surface area contributed by atoms with Crippen molar-refractivity contribution in [2.24, 2.45) is 11.8 Å². The molecular weight excluding hydrogens is 234 g/mol. The number of Topliss-reactive ketones (excluding diaryl/α,β-unsaturated/α-hetero) is 1. The number of methoxy groups -OCH3 is 1. The lowest BCUT2D eigenvalue weighted by Crippen LogP contribution is -2.32. The Balaban J connectivity index is 1.96. The fourth-order valence-electron chi connectivity index (χ4n) is 2.93. The van der Waals surface area contributed by atoms with Crippen molar-refractivity contribution in [3.8, 4) is 0 Å². The van der Waals surface area contributed by atoms with Gasteiger partial charge in [-0.3, -0.25) is 14.4 Å². The molecule has 0 aromatic heterocycles. The van der Waals surface area contributed by atoms with Crippen LogP contribution < -0.4 is 5.32 Å². The Morgan fingerprint density at radius 1 is 1.28 bits per heavy atom. The van der Waals surface area contributed by atoms with Gasteiger partial charge in [0.2, 0.25) is 5.91 Å². The van der Waals surface area contributed by atoms with Crippen molar-refractivity contribution < 1.29 is 19.1 Å². The van der Waals surface area contributed by atoms with Gasteiger partial charge in [0.1, 0.15) is 0 Å². The molecule has 18 heavy (non-hydrogen) atoms. The lowest BCUT2D eigenvalue weighted by Gasteiger charge is -2.23. The number of carbonyl (C=O) groups excluding carboxylic acids is 3. The Labute approximate surface area is 106 Å². The molecule has 1 amide bonds. The molecule has 0 bridgehead atoms. The average molecular weight is 253 g/mol. The predicted octanol–water partition coefficient (Wildman–Crippen LogP) is 0.813. The van der Waals surface area contributed by atoms with Crippen molar-refractivity contribution in [1.82, 2.24) is 5.32 Å². The summed E-state index contributed by atoms with van der Waals surface area (Å²) in [4.78, 5) is 35.0. The standard InChI is InChI=1S/C13H19NO4/c1-18-13(17)10-11(15)9(14-12(10)16)7-8-5-3-2-4-6-8/h8-10H,2-7H2,1H3,(H,14,16). The van der Waals surface area contributed by atoms with Gasteiger partial charge in [0, 0.05) is 0 Å². The molecule has 1 saturated carbocycles. The summed E-state index contributed by atoms with van der Waals surface area (Å²) in [6.07, 6.45) is 6.54. The molecule has 1 aliphatic carbocycles. The maximum atomic E-state index is 12.0. The van der Waals surface area contributed by atoms with Crippen LogP contribution >= 0.6 is 0 Å². The molecule has 2 atom stereocenters. The number of ether oxygens (including phenoxy) is 1. The van der Waals surface area contributed by atoms with Crippen LogP contribution in [0.4, 0.5) is 0 Å². The van der Waals surface area contributed by atoms with Crippen molar-refractivity contribution >= 4 is 17.7 Å². The highest BCUT2D eigenvalue weighted by Gasteiger charge is 2.46. The van der Waals surface area contributed by atoms with E-state index >= 15 is 0 Å². The minimum absolute atomic E-state index is 0.322. The highest BCUT2D eigenvalue weighted by Crippen LogP contribution is 2.29. The quantitative estimate of drug-likeness (QED) is 0.597. The zero-order valence-electron chi connectivity index (χ0n) is 10.6. The van der Waals surface area contributed by atoms with Gasteiger partial charge in [-0.05, 0) is 12.3 Å². The van der Waals surface area contributed by atoms with Crippen molar-refractivity contribution in [2.75, 3.05) is 7.11 Å². The summed E-state index contributed by atoms with van der Waals surface area (Å²) in [6, 6.07) is -0.496. The molecule has 1 aliphatic heterocycles. The van der Waals surface area contributed by atoms with E-state index in [0.717, 1.165) is 12.8 Å². The second-order valence-electron chi connectivity index (χ2n) is 5.16. The molecule has 1 N–H and O–H groups in total. The van der Waals surface area contributed by atoms with Crippen LogP contribution in [0, 0.1) is 11.8 Å². The van der Waals surface area contributed by atoms with Crippen LogP contribution in [0.1, 0.15) is 38.5 Å². The third-order valence-corrected chi connectivity index (χ3v) is 3.94. The van der Waals surface area contributed by atoms with Crippen molar-refractivity contribution in [2.45, 2.75) is 44.6 Å². The smallest absolute Gasteiger partial charge is 0.325 e. The normalized spacial score (nSPS) is 29.2. The van der Waals surface area contributed by atoms with Gasteiger partial charge in [-0.25, -0.2) is 0 Å². The van der Waals surface area contributed by atoms with Crippen LogP contribution in [0.2, 0.25) is 0 Å². The molecule has 2 unspecified atom stereocenters. The van der Waals surface area contributed by atoms with Crippen molar-refractivity contribution in [3.05, 3.63) is 0 Å². The fraction of sp³-hybridized carbons (Fsp3) is 0.769. The van der Waals surface area contributed by atoms with E-state index in [1.807, 2.05) is 0 Å². The molecule has 2 fully saturated rings. The predicted molar refractivity (Wildman–Crippen MR) is 63.6 cm³/mol. The SMILES string of the molecule is COC(=O)C1C(=O)NC(CC2CCCCC2)C1=O. The Morgan fingerprint density at radius 2 is 1.94 bits per heavy atom. The molecule has 0 radical (unpaired) electrons. The first-order chi connectivity index (χ1) is 8.63. The van der Waals surface area contributed by atoms with Gasteiger partial charge >= 0.3 is 5.97 Å². The van der Waals surface area contributed by atoms with Crippen LogP contribution in [-0.2, 0) is 19.1 Å². The number of nitrogens with one attached hydrogen (secondary N) is 1. The summed E-state index contributed by atoms with van der Waals surface area (Å²) >= 11 is 0. The van der Waals surface area contributed by atoms with E-state index in [4.69, 9.17) is 0 Å². The minimum atomic E-state index is -1.25. The first kappa shape index (κ1) is 13.1. The Bertz CT molecular complexity index is 360. The minimum Gasteiger partial charge on any atom is -0.468 e. The lowest BCUT2D eigenvalue weighted by atomic mass is 9.84. The Kier molecular flexibility index (Phi) is 3.99. The van der Waals surface area contributed by atoms with E-state index in [1.54, 1.807) is 0 Å². The monoisotopic (exact) mass is 253 g/mol. The molecule has 2 aliphatic rings. The lowest BCUT2D eigenvalue weighted by molar-refractivity contribution is -0.151. The van der Waals surface area contributed by atoms with E-state index in [2.05, 4.69) is 10.1 Å². The summed E-state index contributed by atoms with van der Waals surface area (Å²) in [5, 5.41) is 2.63. The first-order valence-corrected chi connectivity index (χ1v) is 6.55. The third kappa shape index (κ3) is 2.54. The number of carbonyl (C=O) groups is 3. The van der Waals surface area contributed by atoms with Gasteiger partial charge in [-0.15, -0.1) is 0 Å². The summed E-state index contributed by atoms with van der Waals surface area (Å²) in [5.41, 5.74) is 0. The summed E-state index contributed by atoms with van der Waals surface area (Å²) in [7, 11) is 1.19. The topological polar surface area (TPSA) is 72.5 Å². The summed E-state index contributed by atoms with van der Waals surface area (Å²) in [5.74, 6) is -2.33. The average Bonchev–Trinajstić information content (AvgIpc) is 2.65. The summed E-state index contributed by atoms with van der Waals surface area (Å²) < 4.78 is 4.49. The second kappa shape index (κ2) is 5.50. The van der Waals surface area contributed by atoms with E-state index in [9.17, 15) is 14.4 Å². The van der Waals surface area contributed by atoms with Crippen LogP contribution in [0.5, 0.6) is 0 Å². The molecule has 5 heteroatoms. The van der Waals surface area contributed by atoms with Crippen molar-refractivity contribution in [3.63, 3.8) is 0 Å². The van der Waals surface area contributed by atoms with E-state index in [1.165, 1.54) is 26.4 Å². The molecule has 1 saturated heterocycles. The van der Waals surface area contributed by atoms with Gasteiger partial charge in [0.05, 0.1) is 13.2 Å². The van der Waals surface area contributed by atoms with Gasteiger partial charge in [0.15, 0.2) is 11.7 Å². The first-order valence-electron chi connectivity index (χ1n) is 6.55. The number of rotatable bonds is 3. The van der Waals surface area contributed by atoms with Crippen LogP contribution in [0.25, 0.3) is 0 Å². The molecule has 5 nitrogen and oxygen atoms in total. The van der Waals surface area contributed by atoms with Crippen LogP contribution in [-0.4, -0.2) is 30.8 Å². The van der Waals surface area contributed by atoms with Crippen LogP contribution in [0.15, 0.2) is 0 Å². The van der Waals surface area contributed by atoms with E-state index in [0.29, 0.717) is 12.3 Å². The maximum Gasteiger partial charge on any atom is 0.325 e. The molecule has 1 heterocycles. The molecule has 0 aromatic rings. The van der Waals surface area contributed by atoms with Gasteiger partial charge in [-0.1, -0.05) is 32.1 Å². The number of esters is 1.